The van der Waals surface area contributed by atoms with Gasteiger partial charge in [-0.15, -0.1) is 0 Å². The molecule has 1 aromatic carbocycles. The Hall–Kier alpha value is -3.00. The Balaban J connectivity index is 2.00. The summed E-state index contributed by atoms with van der Waals surface area (Å²) < 4.78 is 12.9. The van der Waals surface area contributed by atoms with Gasteiger partial charge >= 0.3 is 0 Å². The molecular formula is C20H20N2O3. The number of hydrogen-bond acceptors (Lipinski definition) is 4. The lowest BCUT2D eigenvalue weighted by Gasteiger charge is -2.07. The minimum Gasteiger partial charge on any atom is -0.454 e. The van der Waals surface area contributed by atoms with E-state index in [-0.39, 0.29) is 18.1 Å². The molecule has 128 valence electrons. The third-order valence-corrected chi connectivity index (χ3v) is 4.36. The van der Waals surface area contributed by atoms with E-state index in [4.69, 9.17) is 9.47 Å². The number of fused-ring (bicyclic) bond motifs is 1. The summed E-state index contributed by atoms with van der Waals surface area (Å²) in [6, 6.07) is 9.30. The van der Waals surface area contributed by atoms with E-state index >= 15 is 0 Å². The quantitative estimate of drug-likeness (QED) is 0.470. The molecule has 0 bridgehead atoms. The fraction of sp³-hybridized carbons (Fsp3) is 0.300. The number of para-hydroxylation sites is 1. The minimum atomic E-state index is -0.269. The normalized spacial score (nSPS) is 13.0. The number of carbonyl (C=O) groups excluding carboxylic acids is 1. The zero-order chi connectivity index (χ0) is 18.0. The van der Waals surface area contributed by atoms with Gasteiger partial charge in [0.05, 0.1) is 0 Å². The summed E-state index contributed by atoms with van der Waals surface area (Å²) in [5.74, 6) is 0.925. The summed E-state index contributed by atoms with van der Waals surface area (Å²) in [5, 5.41) is 9.52. The van der Waals surface area contributed by atoms with Crippen molar-refractivity contribution in [3.05, 3.63) is 52.4 Å². The summed E-state index contributed by atoms with van der Waals surface area (Å²) in [6.45, 7) is 6.99. The van der Waals surface area contributed by atoms with E-state index in [1.807, 2.05) is 32.0 Å². The number of nitrogens with zero attached hydrogens (tertiary/aromatic N) is 2. The van der Waals surface area contributed by atoms with Crippen molar-refractivity contribution in [3.63, 3.8) is 0 Å². The van der Waals surface area contributed by atoms with Crippen molar-refractivity contribution in [2.45, 2.75) is 33.7 Å². The highest BCUT2D eigenvalue weighted by atomic mass is 16.7. The molecule has 0 saturated heterocycles. The van der Waals surface area contributed by atoms with Gasteiger partial charge in [0.25, 0.3) is 0 Å². The van der Waals surface area contributed by atoms with Crippen molar-refractivity contribution in [3.8, 4) is 17.6 Å². The molecule has 0 unspecified atom stereocenters. The molecule has 2 heterocycles. The van der Waals surface area contributed by atoms with Crippen LogP contribution in [0.3, 0.4) is 0 Å². The number of benzene rings is 1. The lowest BCUT2D eigenvalue weighted by Crippen LogP contribution is -2.06. The van der Waals surface area contributed by atoms with Gasteiger partial charge in [-0.2, -0.15) is 5.26 Å². The maximum Gasteiger partial charge on any atom is 0.231 e. The van der Waals surface area contributed by atoms with Crippen molar-refractivity contribution < 1.29 is 14.3 Å². The average molecular weight is 336 g/mol. The topological polar surface area (TPSA) is 64.2 Å². The number of Topliss-reactive ketones (excluding diaryl/α,β-unsaturated/α-hetero) is 1. The fourth-order valence-electron chi connectivity index (χ4n) is 3.11. The van der Waals surface area contributed by atoms with Crippen molar-refractivity contribution >= 4 is 11.9 Å². The van der Waals surface area contributed by atoms with E-state index in [1.165, 1.54) is 0 Å². The van der Waals surface area contributed by atoms with Gasteiger partial charge < -0.3 is 14.0 Å². The van der Waals surface area contributed by atoms with Crippen LogP contribution in [0, 0.1) is 25.2 Å². The molecule has 1 aromatic heterocycles. The third kappa shape index (κ3) is 3.03. The SMILES string of the molecule is CCCn1c(C)cc(C(=O)C(C#N)=Cc2cccc3c2OCO3)c1C. The standard InChI is InChI=1S/C20H20N2O3/c1-4-8-22-13(2)9-17(14(22)3)19(23)16(11-21)10-15-6-5-7-18-20(15)25-12-24-18/h5-7,9-10H,4,8,12H2,1-3H3. The first kappa shape index (κ1) is 16.8. The number of hydrogen-bond donors (Lipinski definition) is 0. The third-order valence-electron chi connectivity index (χ3n) is 4.36. The Kier molecular flexibility index (Phi) is 4.62. The van der Waals surface area contributed by atoms with E-state index < -0.39 is 0 Å². The van der Waals surface area contributed by atoms with Crippen LogP contribution in [-0.2, 0) is 6.54 Å². The zero-order valence-corrected chi connectivity index (χ0v) is 14.6. The van der Waals surface area contributed by atoms with E-state index in [2.05, 4.69) is 11.5 Å². The number of allylic oxidation sites excluding steroid dienone is 1. The smallest absolute Gasteiger partial charge is 0.231 e. The predicted molar refractivity (Wildman–Crippen MR) is 94.7 cm³/mol. The van der Waals surface area contributed by atoms with Crippen LogP contribution in [0.15, 0.2) is 29.8 Å². The van der Waals surface area contributed by atoms with Crippen LogP contribution >= 0.6 is 0 Å². The first-order valence-electron chi connectivity index (χ1n) is 8.28. The molecule has 0 aliphatic carbocycles. The second-order valence-electron chi connectivity index (χ2n) is 6.02. The monoisotopic (exact) mass is 336 g/mol. The number of aryl methyl sites for hydroxylation is 1. The van der Waals surface area contributed by atoms with Crippen molar-refractivity contribution in [1.29, 1.82) is 5.26 Å². The molecule has 1 aliphatic rings. The Morgan fingerprint density at radius 3 is 2.88 bits per heavy atom. The van der Waals surface area contributed by atoms with Crippen molar-refractivity contribution in [1.82, 2.24) is 4.57 Å². The van der Waals surface area contributed by atoms with Crippen molar-refractivity contribution in [2.24, 2.45) is 0 Å². The number of aromatic nitrogens is 1. The number of ketones is 1. The number of nitriles is 1. The average Bonchev–Trinajstić information content (AvgIpc) is 3.19. The summed E-state index contributed by atoms with van der Waals surface area (Å²) in [7, 11) is 0. The highest BCUT2D eigenvalue weighted by Crippen LogP contribution is 2.36. The summed E-state index contributed by atoms with van der Waals surface area (Å²) in [4.78, 5) is 12.9. The van der Waals surface area contributed by atoms with Crippen LogP contribution in [0.25, 0.3) is 6.08 Å². The Morgan fingerprint density at radius 1 is 1.36 bits per heavy atom. The van der Waals surface area contributed by atoms with Gasteiger partial charge in [-0.05, 0) is 38.5 Å². The van der Waals surface area contributed by atoms with Gasteiger partial charge in [0.2, 0.25) is 12.6 Å². The van der Waals surface area contributed by atoms with Gasteiger partial charge in [-0.25, -0.2) is 0 Å². The second-order valence-corrected chi connectivity index (χ2v) is 6.02. The Labute approximate surface area is 147 Å². The molecule has 0 fully saturated rings. The largest absolute Gasteiger partial charge is 0.454 e. The maximum atomic E-state index is 12.9. The molecule has 1 aliphatic heterocycles. The highest BCUT2D eigenvalue weighted by molar-refractivity contribution is 6.15. The van der Waals surface area contributed by atoms with Crippen LogP contribution in [-0.4, -0.2) is 17.1 Å². The Bertz CT molecular complexity index is 900. The molecule has 0 amide bonds. The van der Waals surface area contributed by atoms with E-state index in [0.29, 0.717) is 22.6 Å². The van der Waals surface area contributed by atoms with E-state index in [0.717, 1.165) is 24.4 Å². The number of carbonyl (C=O) groups is 1. The molecule has 0 atom stereocenters. The van der Waals surface area contributed by atoms with Crippen LogP contribution < -0.4 is 9.47 Å². The molecule has 0 saturated carbocycles. The molecule has 0 spiro atoms. The summed E-state index contributed by atoms with van der Waals surface area (Å²) in [5.41, 5.74) is 3.24. The molecule has 5 nitrogen and oxygen atoms in total. The van der Waals surface area contributed by atoms with Crippen LogP contribution in [0.5, 0.6) is 11.5 Å². The first-order chi connectivity index (χ1) is 12.1. The highest BCUT2D eigenvalue weighted by Gasteiger charge is 2.21. The summed E-state index contributed by atoms with van der Waals surface area (Å²) >= 11 is 0. The van der Waals surface area contributed by atoms with Crippen LogP contribution in [0.4, 0.5) is 0 Å². The lowest BCUT2D eigenvalue weighted by molar-refractivity contribution is 0.103. The van der Waals surface area contributed by atoms with Gasteiger partial charge in [-0.1, -0.05) is 19.1 Å². The molecule has 3 rings (SSSR count). The molecule has 0 radical (unpaired) electrons. The molecular weight excluding hydrogens is 316 g/mol. The first-order valence-corrected chi connectivity index (χ1v) is 8.28. The minimum absolute atomic E-state index is 0.0839. The second kappa shape index (κ2) is 6.86. The molecule has 0 N–H and O–H groups in total. The van der Waals surface area contributed by atoms with Crippen LogP contribution in [0.1, 0.15) is 40.7 Å². The van der Waals surface area contributed by atoms with Crippen molar-refractivity contribution in [2.75, 3.05) is 6.79 Å². The number of ether oxygens (including phenoxy) is 2. The fourth-order valence-corrected chi connectivity index (χ4v) is 3.11. The van der Waals surface area contributed by atoms with E-state index in [1.54, 1.807) is 18.2 Å². The van der Waals surface area contributed by atoms with Crippen LogP contribution in [0.2, 0.25) is 0 Å². The van der Waals surface area contributed by atoms with Gasteiger partial charge in [0, 0.05) is 29.1 Å². The summed E-state index contributed by atoms with van der Waals surface area (Å²) in [6.07, 6.45) is 2.56. The van der Waals surface area contributed by atoms with Gasteiger partial charge in [0.15, 0.2) is 11.5 Å². The molecule has 5 heteroatoms. The zero-order valence-electron chi connectivity index (χ0n) is 14.6. The van der Waals surface area contributed by atoms with Gasteiger partial charge in [0.1, 0.15) is 11.6 Å². The van der Waals surface area contributed by atoms with E-state index in [9.17, 15) is 10.1 Å². The predicted octanol–water partition coefficient (Wildman–Crippen LogP) is 4.03. The lowest BCUT2D eigenvalue weighted by atomic mass is 10.0. The molecule has 2 aromatic rings. The number of rotatable bonds is 5. The maximum absolute atomic E-state index is 12.9. The molecule has 25 heavy (non-hydrogen) atoms. The van der Waals surface area contributed by atoms with Gasteiger partial charge in [-0.3, -0.25) is 4.79 Å². The Morgan fingerprint density at radius 2 is 2.16 bits per heavy atom.